The number of rotatable bonds is 3. The van der Waals surface area contributed by atoms with Crippen molar-refractivity contribution >= 4 is 23.2 Å². The van der Waals surface area contributed by atoms with Gasteiger partial charge in [0.2, 0.25) is 0 Å². The molecule has 0 atom stereocenters. The Morgan fingerprint density at radius 1 is 0.839 bits per heavy atom. The van der Waals surface area contributed by atoms with Crippen molar-refractivity contribution in [3.05, 3.63) is 59.4 Å². The third-order valence-electron chi connectivity index (χ3n) is 5.87. The first-order valence-corrected chi connectivity index (χ1v) is 10.7. The molecule has 0 saturated carbocycles. The van der Waals surface area contributed by atoms with E-state index in [0.717, 1.165) is 31.7 Å². The molecule has 31 heavy (non-hydrogen) atoms. The Morgan fingerprint density at radius 3 is 2.26 bits per heavy atom. The van der Waals surface area contributed by atoms with Crippen LogP contribution in [0.25, 0.3) is 0 Å². The highest BCUT2D eigenvalue weighted by Crippen LogP contribution is 2.26. The van der Waals surface area contributed by atoms with Gasteiger partial charge in [-0.1, -0.05) is 6.07 Å². The number of carbonyl (C=O) groups excluding carboxylic acids is 2. The third kappa shape index (κ3) is 4.80. The van der Waals surface area contributed by atoms with Gasteiger partial charge in [-0.2, -0.15) is 0 Å². The second kappa shape index (κ2) is 9.34. The van der Waals surface area contributed by atoms with Crippen LogP contribution in [0, 0.1) is 5.82 Å². The summed E-state index contributed by atoms with van der Waals surface area (Å²) in [5.41, 5.74) is 8.72. The average Bonchev–Trinajstić information content (AvgIpc) is 3.05. The molecule has 2 aromatic rings. The number of piperazine rings is 1. The molecule has 2 aliphatic heterocycles. The van der Waals surface area contributed by atoms with Crippen LogP contribution in [0.15, 0.2) is 42.5 Å². The number of hydrogen-bond acceptors (Lipinski definition) is 5. The molecule has 2 saturated heterocycles. The summed E-state index contributed by atoms with van der Waals surface area (Å²) in [5, 5.41) is 3.24. The van der Waals surface area contributed by atoms with Gasteiger partial charge in [0.25, 0.3) is 11.8 Å². The Kier molecular flexibility index (Phi) is 6.36. The van der Waals surface area contributed by atoms with Crippen molar-refractivity contribution in [2.45, 2.75) is 6.42 Å². The summed E-state index contributed by atoms with van der Waals surface area (Å²) in [6.07, 6.45) is 0.780. The fourth-order valence-corrected chi connectivity index (χ4v) is 4.19. The SMILES string of the molecule is Nc1cc(C(=O)N2CCNCC2)ccc1N1CCCN(C(=O)c2cccc(F)c2)CC1. The van der Waals surface area contributed by atoms with E-state index in [9.17, 15) is 14.0 Å². The predicted molar refractivity (Wildman–Crippen MR) is 119 cm³/mol. The van der Waals surface area contributed by atoms with Crippen LogP contribution >= 0.6 is 0 Å². The van der Waals surface area contributed by atoms with E-state index in [2.05, 4.69) is 10.2 Å². The van der Waals surface area contributed by atoms with Crippen LogP contribution in [-0.2, 0) is 0 Å². The van der Waals surface area contributed by atoms with Crippen molar-refractivity contribution in [3.8, 4) is 0 Å². The molecule has 0 aliphatic carbocycles. The maximum Gasteiger partial charge on any atom is 0.254 e. The Hall–Kier alpha value is -3.13. The maximum atomic E-state index is 13.5. The Labute approximate surface area is 181 Å². The molecule has 0 spiro atoms. The first-order valence-electron chi connectivity index (χ1n) is 10.7. The smallest absolute Gasteiger partial charge is 0.254 e. The zero-order chi connectivity index (χ0) is 21.8. The number of hydrogen-bond donors (Lipinski definition) is 2. The van der Waals surface area contributed by atoms with Gasteiger partial charge < -0.3 is 25.8 Å². The van der Waals surface area contributed by atoms with E-state index >= 15 is 0 Å². The number of nitrogens with zero attached hydrogens (tertiary/aromatic N) is 3. The number of benzene rings is 2. The Morgan fingerprint density at radius 2 is 1.55 bits per heavy atom. The highest BCUT2D eigenvalue weighted by molar-refractivity contribution is 5.96. The number of nitrogen functional groups attached to an aromatic ring is 1. The number of carbonyl (C=O) groups is 2. The molecular formula is C23H28FN5O2. The molecular weight excluding hydrogens is 397 g/mol. The Bertz CT molecular complexity index is 961. The molecule has 2 heterocycles. The summed E-state index contributed by atoms with van der Waals surface area (Å²) >= 11 is 0. The lowest BCUT2D eigenvalue weighted by Gasteiger charge is -2.28. The van der Waals surface area contributed by atoms with Gasteiger partial charge in [0, 0.05) is 63.5 Å². The second-order valence-electron chi connectivity index (χ2n) is 7.96. The maximum absolute atomic E-state index is 13.5. The van der Waals surface area contributed by atoms with Crippen molar-refractivity contribution in [2.75, 3.05) is 63.0 Å². The number of nitrogens with two attached hydrogens (primary N) is 1. The summed E-state index contributed by atoms with van der Waals surface area (Å²) in [6.45, 7) is 5.50. The molecule has 8 heteroatoms. The van der Waals surface area contributed by atoms with Crippen molar-refractivity contribution in [2.24, 2.45) is 0 Å². The van der Waals surface area contributed by atoms with E-state index in [4.69, 9.17) is 5.73 Å². The van der Waals surface area contributed by atoms with Gasteiger partial charge in [-0.05, 0) is 42.8 Å². The van der Waals surface area contributed by atoms with Crippen molar-refractivity contribution < 1.29 is 14.0 Å². The van der Waals surface area contributed by atoms with Gasteiger partial charge in [-0.3, -0.25) is 9.59 Å². The molecule has 7 nitrogen and oxygen atoms in total. The van der Waals surface area contributed by atoms with Gasteiger partial charge in [-0.15, -0.1) is 0 Å². The summed E-state index contributed by atoms with van der Waals surface area (Å²) in [4.78, 5) is 31.2. The van der Waals surface area contributed by atoms with E-state index in [-0.39, 0.29) is 11.8 Å². The molecule has 0 unspecified atom stereocenters. The lowest BCUT2D eigenvalue weighted by molar-refractivity contribution is 0.0734. The topological polar surface area (TPSA) is 81.9 Å². The summed E-state index contributed by atoms with van der Waals surface area (Å²) in [7, 11) is 0. The van der Waals surface area contributed by atoms with Crippen LogP contribution in [0.1, 0.15) is 27.1 Å². The number of amides is 2. The Balaban J connectivity index is 1.43. The van der Waals surface area contributed by atoms with Crippen molar-refractivity contribution in [1.82, 2.24) is 15.1 Å². The van der Waals surface area contributed by atoms with E-state index < -0.39 is 5.82 Å². The lowest BCUT2D eigenvalue weighted by Crippen LogP contribution is -2.46. The first-order chi connectivity index (χ1) is 15.0. The van der Waals surface area contributed by atoms with Gasteiger partial charge in [0.1, 0.15) is 5.82 Å². The largest absolute Gasteiger partial charge is 0.397 e. The standard InChI is InChI=1S/C23H28FN5O2/c24-19-4-1-3-17(15-19)22(30)28-10-2-9-27(13-14-28)21-6-5-18(16-20(21)25)23(31)29-11-7-26-8-12-29/h1,3-6,15-16,26H,2,7-14,25H2. The highest BCUT2D eigenvalue weighted by atomic mass is 19.1. The molecule has 2 fully saturated rings. The van der Waals surface area contributed by atoms with Crippen LogP contribution in [0.5, 0.6) is 0 Å². The summed E-state index contributed by atoms with van der Waals surface area (Å²) in [6, 6.07) is 11.3. The zero-order valence-electron chi connectivity index (χ0n) is 17.5. The van der Waals surface area contributed by atoms with Crippen LogP contribution in [0.3, 0.4) is 0 Å². The van der Waals surface area contributed by atoms with Crippen molar-refractivity contribution in [3.63, 3.8) is 0 Å². The monoisotopic (exact) mass is 425 g/mol. The van der Waals surface area contributed by atoms with Crippen LogP contribution in [0.2, 0.25) is 0 Å². The van der Waals surface area contributed by atoms with Gasteiger partial charge in [-0.25, -0.2) is 4.39 Å². The second-order valence-corrected chi connectivity index (χ2v) is 7.96. The van der Waals surface area contributed by atoms with Crippen LogP contribution in [0.4, 0.5) is 15.8 Å². The zero-order valence-corrected chi connectivity index (χ0v) is 17.5. The molecule has 2 amide bonds. The molecule has 164 valence electrons. The van der Waals surface area contributed by atoms with E-state index in [1.165, 1.54) is 12.1 Å². The predicted octanol–water partition coefficient (Wildman–Crippen LogP) is 1.81. The number of nitrogens with one attached hydrogen (secondary N) is 1. The average molecular weight is 426 g/mol. The molecule has 0 aromatic heterocycles. The fourth-order valence-electron chi connectivity index (χ4n) is 4.19. The number of halogens is 1. The number of anilines is 2. The molecule has 0 radical (unpaired) electrons. The summed E-state index contributed by atoms with van der Waals surface area (Å²) < 4.78 is 13.5. The quantitative estimate of drug-likeness (QED) is 0.733. The third-order valence-corrected chi connectivity index (χ3v) is 5.87. The van der Waals surface area contributed by atoms with Gasteiger partial charge in [0.15, 0.2) is 0 Å². The lowest BCUT2D eigenvalue weighted by atomic mass is 10.1. The minimum Gasteiger partial charge on any atom is -0.397 e. The minimum atomic E-state index is -0.412. The van der Waals surface area contributed by atoms with Gasteiger partial charge >= 0.3 is 0 Å². The van der Waals surface area contributed by atoms with Crippen molar-refractivity contribution in [1.29, 1.82) is 0 Å². The fraction of sp³-hybridized carbons (Fsp3) is 0.391. The highest BCUT2D eigenvalue weighted by Gasteiger charge is 2.23. The molecule has 4 rings (SSSR count). The summed E-state index contributed by atoms with van der Waals surface area (Å²) in [5.74, 6) is -0.570. The minimum absolute atomic E-state index is 0.00230. The van der Waals surface area contributed by atoms with E-state index in [0.29, 0.717) is 49.5 Å². The molecule has 2 aliphatic rings. The van der Waals surface area contributed by atoms with E-state index in [1.54, 1.807) is 23.1 Å². The van der Waals surface area contributed by atoms with Crippen LogP contribution < -0.4 is 16.0 Å². The van der Waals surface area contributed by atoms with Crippen LogP contribution in [-0.4, -0.2) is 74.0 Å². The molecule has 3 N–H and O–H groups in total. The van der Waals surface area contributed by atoms with Gasteiger partial charge in [0.05, 0.1) is 11.4 Å². The first kappa shape index (κ1) is 21.1. The normalized spacial score (nSPS) is 17.4. The molecule has 0 bridgehead atoms. The van der Waals surface area contributed by atoms with E-state index in [1.807, 2.05) is 17.0 Å². The molecule has 2 aromatic carbocycles.